The van der Waals surface area contributed by atoms with Crippen LogP contribution >= 0.6 is 0 Å². The lowest BCUT2D eigenvalue weighted by Crippen LogP contribution is -2.48. The van der Waals surface area contributed by atoms with Crippen molar-refractivity contribution in [3.05, 3.63) is 35.9 Å². The average Bonchev–Trinajstić information content (AvgIpc) is 2.56. The molecule has 2 N–H and O–H groups in total. The summed E-state index contributed by atoms with van der Waals surface area (Å²) in [6.45, 7) is 11.6. The van der Waals surface area contributed by atoms with Crippen molar-refractivity contribution in [1.82, 2.24) is 5.32 Å². The van der Waals surface area contributed by atoms with Crippen molar-refractivity contribution >= 4 is 18.0 Å². The zero-order chi connectivity index (χ0) is 23.9. The quantitative estimate of drug-likeness (QED) is 0.449. The maximum Gasteiger partial charge on any atom is 0.408 e. The van der Waals surface area contributed by atoms with Crippen LogP contribution < -0.4 is 5.32 Å². The van der Waals surface area contributed by atoms with Gasteiger partial charge in [-0.05, 0) is 54.0 Å². The first-order valence-electron chi connectivity index (χ1n) is 10.2. The molecule has 8 nitrogen and oxygen atoms in total. The smallest absolute Gasteiger partial charge is 0.408 e. The maximum absolute atomic E-state index is 12.8. The number of ether oxygens (including phenoxy) is 3. The molecule has 1 aromatic rings. The van der Waals surface area contributed by atoms with E-state index in [9.17, 15) is 19.5 Å². The van der Waals surface area contributed by atoms with Crippen LogP contribution in [0.15, 0.2) is 30.3 Å². The SMILES string of the molecule is CC(C)(O)CC(C)(C)OC(=O)C(CC(=O)OCc1ccccc1)NC(=O)OC(C)(C)C. The second-order valence-corrected chi connectivity index (χ2v) is 9.72. The molecule has 0 spiro atoms. The molecule has 31 heavy (non-hydrogen) atoms. The van der Waals surface area contributed by atoms with Gasteiger partial charge in [0.1, 0.15) is 23.9 Å². The molecule has 0 aliphatic heterocycles. The number of hydrogen-bond acceptors (Lipinski definition) is 7. The molecule has 0 aliphatic rings. The Morgan fingerprint density at radius 3 is 2.06 bits per heavy atom. The molecule has 0 radical (unpaired) electrons. The van der Waals surface area contributed by atoms with Gasteiger partial charge >= 0.3 is 18.0 Å². The van der Waals surface area contributed by atoms with E-state index in [1.54, 1.807) is 60.6 Å². The predicted octanol–water partition coefficient (Wildman–Crippen LogP) is 3.50. The highest BCUT2D eigenvalue weighted by molar-refractivity contribution is 5.86. The molecule has 0 fully saturated rings. The molecular formula is C23H35NO7. The van der Waals surface area contributed by atoms with E-state index in [2.05, 4.69) is 5.32 Å². The zero-order valence-corrected chi connectivity index (χ0v) is 19.5. The first-order valence-corrected chi connectivity index (χ1v) is 10.2. The van der Waals surface area contributed by atoms with Gasteiger partial charge in [0.2, 0.25) is 0 Å². The third-order valence-electron chi connectivity index (χ3n) is 3.82. The fourth-order valence-electron chi connectivity index (χ4n) is 3.03. The lowest BCUT2D eigenvalue weighted by molar-refractivity contribution is -0.166. The fourth-order valence-corrected chi connectivity index (χ4v) is 3.03. The zero-order valence-electron chi connectivity index (χ0n) is 19.5. The van der Waals surface area contributed by atoms with E-state index >= 15 is 0 Å². The Hall–Kier alpha value is -2.61. The molecule has 0 aromatic heterocycles. The molecule has 0 bridgehead atoms. The normalized spacial score (nSPS) is 13.2. The standard InChI is InChI=1S/C23H35NO7/c1-21(2,3)31-20(27)24-17(19(26)30-23(6,7)15-22(4,5)28)13-18(25)29-14-16-11-9-8-10-12-16/h8-12,17,28H,13-15H2,1-7H3,(H,24,27). The molecule has 1 aromatic carbocycles. The van der Waals surface area contributed by atoms with Crippen LogP contribution in [0.3, 0.4) is 0 Å². The second-order valence-electron chi connectivity index (χ2n) is 9.72. The van der Waals surface area contributed by atoms with Gasteiger partial charge in [-0.3, -0.25) is 4.79 Å². The van der Waals surface area contributed by atoms with Crippen LogP contribution in [-0.4, -0.2) is 46.0 Å². The summed E-state index contributed by atoms with van der Waals surface area (Å²) in [5.41, 5.74) is -2.10. The number of benzene rings is 1. The molecule has 0 saturated carbocycles. The molecule has 1 unspecified atom stereocenters. The topological polar surface area (TPSA) is 111 Å². The molecule has 1 atom stereocenters. The van der Waals surface area contributed by atoms with Gasteiger partial charge in [0.25, 0.3) is 0 Å². The monoisotopic (exact) mass is 437 g/mol. The van der Waals surface area contributed by atoms with E-state index in [1.165, 1.54) is 0 Å². The minimum absolute atomic E-state index is 0.0398. The summed E-state index contributed by atoms with van der Waals surface area (Å²) in [7, 11) is 0. The van der Waals surface area contributed by atoms with E-state index in [1.807, 2.05) is 18.2 Å². The Bertz CT molecular complexity index is 745. The van der Waals surface area contributed by atoms with Crippen LogP contribution in [0.5, 0.6) is 0 Å². The van der Waals surface area contributed by atoms with E-state index in [0.29, 0.717) is 0 Å². The van der Waals surface area contributed by atoms with Gasteiger partial charge in [-0.15, -0.1) is 0 Å². The van der Waals surface area contributed by atoms with Crippen LogP contribution in [0, 0.1) is 0 Å². The Labute approximate surface area is 184 Å². The summed E-state index contributed by atoms with van der Waals surface area (Å²) in [4.78, 5) is 37.3. The van der Waals surface area contributed by atoms with E-state index < -0.39 is 47.3 Å². The van der Waals surface area contributed by atoms with Crippen molar-refractivity contribution in [3.63, 3.8) is 0 Å². The van der Waals surface area contributed by atoms with Gasteiger partial charge in [-0.1, -0.05) is 30.3 Å². The first-order chi connectivity index (χ1) is 14.1. The van der Waals surface area contributed by atoms with Crippen molar-refractivity contribution in [2.24, 2.45) is 0 Å². The van der Waals surface area contributed by atoms with Crippen molar-refractivity contribution in [1.29, 1.82) is 0 Å². The lowest BCUT2D eigenvalue weighted by Gasteiger charge is -2.32. The van der Waals surface area contributed by atoms with Gasteiger partial charge < -0.3 is 24.6 Å². The molecule has 8 heteroatoms. The third-order valence-corrected chi connectivity index (χ3v) is 3.82. The number of carbonyl (C=O) groups is 3. The Balaban J connectivity index is 2.85. The van der Waals surface area contributed by atoms with Gasteiger partial charge in [-0.25, -0.2) is 9.59 Å². The first kappa shape index (κ1) is 26.4. The number of aliphatic hydroxyl groups is 1. The third kappa shape index (κ3) is 12.0. The summed E-state index contributed by atoms with van der Waals surface area (Å²) in [6, 6.07) is 7.78. The number of carbonyl (C=O) groups excluding carboxylic acids is 3. The van der Waals surface area contributed by atoms with Gasteiger partial charge in [-0.2, -0.15) is 0 Å². The largest absolute Gasteiger partial charge is 0.461 e. The van der Waals surface area contributed by atoms with Crippen molar-refractivity contribution in [3.8, 4) is 0 Å². The molecular weight excluding hydrogens is 402 g/mol. The van der Waals surface area contributed by atoms with Crippen LogP contribution in [0.4, 0.5) is 4.79 Å². The van der Waals surface area contributed by atoms with E-state index in [0.717, 1.165) is 5.56 Å². The average molecular weight is 438 g/mol. The van der Waals surface area contributed by atoms with E-state index in [4.69, 9.17) is 14.2 Å². The Morgan fingerprint density at radius 1 is 0.968 bits per heavy atom. The van der Waals surface area contributed by atoms with Crippen LogP contribution in [0.25, 0.3) is 0 Å². The highest BCUT2D eigenvalue weighted by Crippen LogP contribution is 2.24. The van der Waals surface area contributed by atoms with Crippen LogP contribution in [-0.2, 0) is 30.4 Å². The van der Waals surface area contributed by atoms with Gasteiger partial charge in [0, 0.05) is 6.42 Å². The minimum Gasteiger partial charge on any atom is -0.461 e. The Morgan fingerprint density at radius 2 is 1.55 bits per heavy atom. The van der Waals surface area contributed by atoms with Gasteiger partial charge in [0.15, 0.2) is 0 Å². The number of nitrogens with one attached hydrogen (secondary N) is 1. The second kappa shape index (κ2) is 10.6. The van der Waals surface area contributed by atoms with Crippen molar-refractivity contribution in [2.75, 3.05) is 0 Å². The molecule has 174 valence electrons. The number of hydrogen-bond donors (Lipinski definition) is 2. The number of alkyl carbamates (subject to hydrolysis) is 1. The predicted molar refractivity (Wildman–Crippen MR) is 115 cm³/mol. The van der Waals surface area contributed by atoms with Crippen LogP contribution in [0.2, 0.25) is 0 Å². The summed E-state index contributed by atoms with van der Waals surface area (Å²) < 4.78 is 15.9. The maximum atomic E-state index is 12.8. The summed E-state index contributed by atoms with van der Waals surface area (Å²) in [5.74, 6) is -1.50. The van der Waals surface area contributed by atoms with Crippen LogP contribution in [0.1, 0.15) is 66.9 Å². The Kier molecular flexibility index (Phi) is 9.05. The molecule has 1 rings (SSSR count). The van der Waals surface area contributed by atoms with Gasteiger partial charge in [0.05, 0.1) is 12.0 Å². The highest BCUT2D eigenvalue weighted by atomic mass is 16.6. The van der Waals surface area contributed by atoms with E-state index in [-0.39, 0.29) is 13.0 Å². The summed E-state index contributed by atoms with van der Waals surface area (Å²) in [5, 5.41) is 12.4. The summed E-state index contributed by atoms with van der Waals surface area (Å²) >= 11 is 0. The van der Waals surface area contributed by atoms with Crippen molar-refractivity contribution < 1.29 is 33.7 Å². The fraction of sp³-hybridized carbons (Fsp3) is 0.609. The summed E-state index contributed by atoms with van der Waals surface area (Å²) in [6.07, 6.45) is -1.13. The molecule has 0 aliphatic carbocycles. The number of esters is 2. The number of amides is 1. The van der Waals surface area contributed by atoms with Crippen molar-refractivity contribution in [2.45, 2.75) is 90.8 Å². The molecule has 0 heterocycles. The molecule has 0 saturated heterocycles. The number of rotatable bonds is 9. The lowest BCUT2D eigenvalue weighted by atomic mass is 9.92. The minimum atomic E-state index is -1.31. The molecule has 1 amide bonds. The highest BCUT2D eigenvalue weighted by Gasteiger charge is 2.35.